The van der Waals surface area contributed by atoms with E-state index in [4.69, 9.17) is 16.5 Å². The number of hydrogen-bond donors (Lipinski definition) is 1. The Kier molecular flexibility index (Phi) is 3.91. The van der Waals surface area contributed by atoms with Crippen LogP contribution in [0.15, 0.2) is 24.3 Å². The third kappa shape index (κ3) is 2.80. The van der Waals surface area contributed by atoms with Crippen molar-refractivity contribution in [2.75, 3.05) is 25.0 Å². The van der Waals surface area contributed by atoms with Gasteiger partial charge in [0.1, 0.15) is 12.4 Å². The van der Waals surface area contributed by atoms with Gasteiger partial charge in [-0.15, -0.1) is 0 Å². The Bertz CT molecular complexity index is 346. The van der Waals surface area contributed by atoms with Crippen molar-refractivity contribution in [2.45, 2.75) is 18.9 Å². The standard InChI is InChI=1S/C12H17ClN2O/c1-15-7-3-5-11(15)9-16-12-6-2-4-10(8-12)14-13/h2,4,6,8,11,14H,3,5,7,9H2,1H3/t11-/m0/s1. The monoisotopic (exact) mass is 240 g/mol. The van der Waals surface area contributed by atoms with Crippen LogP contribution in [-0.4, -0.2) is 31.1 Å². The fourth-order valence-electron chi connectivity index (χ4n) is 2.03. The quantitative estimate of drug-likeness (QED) is 0.819. The van der Waals surface area contributed by atoms with Crippen molar-refractivity contribution in [1.29, 1.82) is 0 Å². The molecule has 0 aliphatic carbocycles. The molecule has 1 atom stereocenters. The van der Waals surface area contributed by atoms with Crippen LogP contribution in [0.4, 0.5) is 5.69 Å². The van der Waals surface area contributed by atoms with Crippen molar-refractivity contribution in [3.05, 3.63) is 24.3 Å². The molecule has 1 fully saturated rings. The summed E-state index contributed by atoms with van der Waals surface area (Å²) in [5.41, 5.74) is 0.860. The van der Waals surface area contributed by atoms with E-state index >= 15 is 0 Å². The van der Waals surface area contributed by atoms with Gasteiger partial charge in [-0.2, -0.15) is 0 Å². The van der Waals surface area contributed by atoms with Gasteiger partial charge in [-0.1, -0.05) is 6.07 Å². The van der Waals surface area contributed by atoms with Crippen molar-refractivity contribution < 1.29 is 4.74 Å². The average Bonchev–Trinajstić information content (AvgIpc) is 2.72. The molecule has 16 heavy (non-hydrogen) atoms. The lowest BCUT2D eigenvalue weighted by atomic mass is 10.2. The maximum absolute atomic E-state index is 5.76. The van der Waals surface area contributed by atoms with Gasteiger partial charge in [0.2, 0.25) is 0 Å². The number of anilines is 1. The minimum atomic E-state index is 0.549. The zero-order chi connectivity index (χ0) is 11.4. The lowest BCUT2D eigenvalue weighted by Crippen LogP contribution is -2.30. The van der Waals surface area contributed by atoms with Crippen LogP contribution < -0.4 is 9.57 Å². The number of rotatable bonds is 4. The van der Waals surface area contributed by atoms with E-state index in [1.165, 1.54) is 19.4 Å². The van der Waals surface area contributed by atoms with Gasteiger partial charge in [-0.3, -0.25) is 4.84 Å². The predicted molar refractivity (Wildman–Crippen MR) is 67.1 cm³/mol. The van der Waals surface area contributed by atoms with Crippen LogP contribution in [0.2, 0.25) is 0 Å². The third-order valence-corrected chi connectivity index (χ3v) is 3.28. The van der Waals surface area contributed by atoms with E-state index in [0.717, 1.165) is 18.0 Å². The van der Waals surface area contributed by atoms with E-state index in [9.17, 15) is 0 Å². The predicted octanol–water partition coefficient (Wildman–Crippen LogP) is 2.73. The van der Waals surface area contributed by atoms with Gasteiger partial charge in [0.25, 0.3) is 0 Å². The molecule has 1 heterocycles. The van der Waals surface area contributed by atoms with E-state index in [1.54, 1.807) is 0 Å². The molecule has 1 aliphatic heterocycles. The SMILES string of the molecule is CN1CCC[C@H]1COc1cccc(NCl)c1. The second-order valence-corrected chi connectivity index (χ2v) is 4.40. The summed E-state index contributed by atoms with van der Waals surface area (Å²) in [4.78, 5) is 4.94. The van der Waals surface area contributed by atoms with E-state index < -0.39 is 0 Å². The summed E-state index contributed by atoms with van der Waals surface area (Å²) in [7, 11) is 2.15. The van der Waals surface area contributed by atoms with Crippen molar-refractivity contribution in [2.24, 2.45) is 0 Å². The van der Waals surface area contributed by atoms with E-state index in [0.29, 0.717) is 6.04 Å². The largest absolute Gasteiger partial charge is 0.492 e. The van der Waals surface area contributed by atoms with Crippen LogP contribution in [0.1, 0.15) is 12.8 Å². The Balaban J connectivity index is 1.88. The average molecular weight is 241 g/mol. The molecule has 1 N–H and O–H groups in total. The molecule has 0 aromatic heterocycles. The van der Waals surface area contributed by atoms with Gasteiger partial charge < -0.3 is 9.64 Å². The van der Waals surface area contributed by atoms with Gasteiger partial charge in [-0.05, 0) is 38.6 Å². The Labute approximate surface area is 101 Å². The third-order valence-electron chi connectivity index (χ3n) is 3.06. The lowest BCUT2D eigenvalue weighted by molar-refractivity contribution is 0.198. The number of ether oxygens (including phenoxy) is 1. The molecular formula is C12H17ClN2O. The van der Waals surface area contributed by atoms with E-state index in [-0.39, 0.29) is 0 Å². The Morgan fingerprint density at radius 3 is 3.12 bits per heavy atom. The molecule has 0 radical (unpaired) electrons. The molecule has 1 aromatic carbocycles. The maximum atomic E-state index is 5.76. The van der Waals surface area contributed by atoms with Crippen LogP contribution in [0.3, 0.4) is 0 Å². The number of halogens is 1. The number of benzene rings is 1. The van der Waals surface area contributed by atoms with Crippen LogP contribution in [0.5, 0.6) is 5.75 Å². The Morgan fingerprint density at radius 2 is 2.44 bits per heavy atom. The first-order valence-corrected chi connectivity index (χ1v) is 5.97. The van der Waals surface area contributed by atoms with Gasteiger partial charge in [0.05, 0.1) is 5.69 Å². The molecule has 2 rings (SSSR count). The molecule has 1 aliphatic rings. The summed E-state index contributed by atoms with van der Waals surface area (Å²) in [5.74, 6) is 0.867. The fourth-order valence-corrected chi connectivity index (χ4v) is 2.14. The lowest BCUT2D eigenvalue weighted by Gasteiger charge is -2.19. The number of likely N-dealkylation sites (tertiary alicyclic amines) is 1. The summed E-state index contributed by atoms with van der Waals surface area (Å²) in [6.07, 6.45) is 2.50. The second-order valence-electron chi connectivity index (χ2n) is 4.21. The number of hydrogen-bond acceptors (Lipinski definition) is 3. The summed E-state index contributed by atoms with van der Waals surface area (Å²) in [5, 5.41) is 0. The van der Waals surface area contributed by atoms with Crippen molar-refractivity contribution in [3.8, 4) is 5.75 Å². The summed E-state index contributed by atoms with van der Waals surface area (Å²) < 4.78 is 5.76. The second kappa shape index (κ2) is 5.41. The molecular weight excluding hydrogens is 224 g/mol. The maximum Gasteiger partial charge on any atom is 0.121 e. The van der Waals surface area contributed by atoms with Crippen LogP contribution in [0.25, 0.3) is 0 Å². The van der Waals surface area contributed by atoms with Crippen molar-refractivity contribution in [3.63, 3.8) is 0 Å². The van der Waals surface area contributed by atoms with Crippen LogP contribution >= 0.6 is 11.8 Å². The van der Waals surface area contributed by atoms with Crippen LogP contribution in [0, 0.1) is 0 Å². The normalized spacial score (nSPS) is 21.0. The molecule has 0 amide bonds. The van der Waals surface area contributed by atoms with E-state index in [1.807, 2.05) is 24.3 Å². The molecule has 3 nitrogen and oxygen atoms in total. The van der Waals surface area contributed by atoms with Gasteiger partial charge in [-0.25, -0.2) is 0 Å². The molecule has 1 aromatic rings. The fraction of sp³-hybridized carbons (Fsp3) is 0.500. The summed E-state index contributed by atoms with van der Waals surface area (Å²) >= 11 is 5.54. The highest BCUT2D eigenvalue weighted by Gasteiger charge is 2.21. The van der Waals surface area contributed by atoms with Gasteiger partial charge >= 0.3 is 0 Å². The molecule has 0 saturated carbocycles. The highest BCUT2D eigenvalue weighted by atomic mass is 35.5. The highest BCUT2D eigenvalue weighted by Crippen LogP contribution is 2.20. The summed E-state index contributed by atoms with van der Waals surface area (Å²) in [6.45, 7) is 1.93. The zero-order valence-corrected chi connectivity index (χ0v) is 10.2. The number of nitrogens with one attached hydrogen (secondary N) is 1. The first-order valence-electron chi connectivity index (χ1n) is 5.59. The first-order chi connectivity index (χ1) is 7.79. The van der Waals surface area contributed by atoms with Crippen molar-refractivity contribution >= 4 is 17.5 Å². The number of likely N-dealkylation sites (N-methyl/N-ethyl adjacent to an activating group) is 1. The minimum Gasteiger partial charge on any atom is -0.492 e. The zero-order valence-electron chi connectivity index (χ0n) is 9.45. The highest BCUT2D eigenvalue weighted by molar-refractivity contribution is 6.23. The van der Waals surface area contributed by atoms with Gasteiger partial charge in [0, 0.05) is 23.9 Å². The molecule has 0 bridgehead atoms. The Hall–Kier alpha value is -0.930. The Morgan fingerprint density at radius 1 is 1.56 bits per heavy atom. The van der Waals surface area contributed by atoms with Crippen molar-refractivity contribution in [1.82, 2.24) is 4.90 Å². The van der Waals surface area contributed by atoms with Gasteiger partial charge in [0.15, 0.2) is 0 Å². The first kappa shape index (κ1) is 11.6. The minimum absolute atomic E-state index is 0.549. The molecule has 4 heteroatoms. The van der Waals surface area contributed by atoms with Crippen LogP contribution in [-0.2, 0) is 0 Å². The molecule has 88 valence electrons. The summed E-state index contributed by atoms with van der Waals surface area (Å²) in [6, 6.07) is 8.24. The molecule has 0 spiro atoms. The van der Waals surface area contributed by atoms with E-state index in [2.05, 4.69) is 16.8 Å². The number of nitrogens with zero attached hydrogens (tertiary/aromatic N) is 1. The smallest absolute Gasteiger partial charge is 0.121 e. The molecule has 0 unspecified atom stereocenters. The molecule has 1 saturated heterocycles. The topological polar surface area (TPSA) is 24.5 Å².